The Labute approximate surface area is 292 Å². The van der Waals surface area contributed by atoms with Crippen molar-refractivity contribution in [3.63, 3.8) is 0 Å². The van der Waals surface area contributed by atoms with E-state index in [1.54, 1.807) is 0 Å². The van der Waals surface area contributed by atoms with Gasteiger partial charge in [0.1, 0.15) is 6.04 Å². The number of carboxylic acids is 1. The van der Waals surface area contributed by atoms with Gasteiger partial charge in [0, 0.05) is 18.6 Å². The number of carboxylic acid groups (broad SMARTS) is 1. The summed E-state index contributed by atoms with van der Waals surface area (Å²) in [6.07, 6.45) is 26.6. The molecule has 0 aromatic rings. The monoisotopic (exact) mass is 685 g/mol. The van der Waals surface area contributed by atoms with Gasteiger partial charge in [-0.3, -0.25) is 14.4 Å². The van der Waals surface area contributed by atoms with Crippen LogP contribution >= 0.6 is 12.6 Å². The van der Waals surface area contributed by atoms with Crippen molar-refractivity contribution in [1.29, 1.82) is 0 Å². The standard InChI is InChI=1S/C38H71NO7S/c1-3-5-7-9-11-13-15-17-19-21-23-25-27-29-33(40)35(42)38(46,37(45)39-32(31-47)36(43)44)34(41)30-28-26-24-22-20-18-16-14-12-10-8-6-4-2/h32,35,42,46-47H,3-31H2,1-2H3,(H,39,45)(H,43,44). The van der Waals surface area contributed by atoms with E-state index in [4.69, 9.17) is 0 Å². The molecule has 0 aliphatic rings. The quantitative estimate of drug-likeness (QED) is 0.0255. The van der Waals surface area contributed by atoms with E-state index in [-0.39, 0.29) is 18.6 Å². The molecule has 0 aliphatic carbocycles. The molecule has 0 radical (unpaired) electrons. The number of rotatable bonds is 35. The Kier molecular flexibility index (Phi) is 29.7. The van der Waals surface area contributed by atoms with Crippen LogP contribution in [0.1, 0.15) is 194 Å². The first-order chi connectivity index (χ1) is 22.7. The third kappa shape index (κ3) is 22.0. The lowest BCUT2D eigenvalue weighted by Crippen LogP contribution is -2.64. The second-order valence-corrected chi connectivity index (χ2v) is 14.0. The second-order valence-electron chi connectivity index (χ2n) is 13.6. The van der Waals surface area contributed by atoms with E-state index < -0.39 is 41.2 Å². The number of aliphatic hydroxyl groups is 2. The molecule has 3 unspecified atom stereocenters. The van der Waals surface area contributed by atoms with E-state index >= 15 is 0 Å². The van der Waals surface area contributed by atoms with Crippen LogP contribution < -0.4 is 5.32 Å². The summed E-state index contributed by atoms with van der Waals surface area (Å²) < 4.78 is 0. The highest BCUT2D eigenvalue weighted by molar-refractivity contribution is 7.80. The molecule has 0 rings (SSSR count). The topological polar surface area (TPSA) is 141 Å². The summed E-state index contributed by atoms with van der Waals surface area (Å²) >= 11 is 3.92. The number of aliphatic hydroxyl groups excluding tert-OH is 1. The first-order valence-corrected chi connectivity index (χ1v) is 19.9. The molecule has 0 spiro atoms. The van der Waals surface area contributed by atoms with Crippen molar-refractivity contribution in [2.24, 2.45) is 0 Å². The predicted molar refractivity (Wildman–Crippen MR) is 195 cm³/mol. The highest BCUT2D eigenvalue weighted by Crippen LogP contribution is 2.22. The van der Waals surface area contributed by atoms with Crippen molar-refractivity contribution in [2.75, 3.05) is 5.75 Å². The van der Waals surface area contributed by atoms with Crippen molar-refractivity contribution in [1.82, 2.24) is 5.32 Å². The number of Topliss-reactive ketones (excluding diaryl/α,β-unsaturated/α-hetero) is 2. The van der Waals surface area contributed by atoms with Crippen LogP contribution in [0.4, 0.5) is 0 Å². The van der Waals surface area contributed by atoms with Crippen molar-refractivity contribution in [3.05, 3.63) is 0 Å². The van der Waals surface area contributed by atoms with Crippen LogP contribution in [-0.4, -0.2) is 62.3 Å². The lowest BCUT2D eigenvalue weighted by Gasteiger charge is -2.30. The number of aliphatic carboxylic acids is 1. The lowest BCUT2D eigenvalue weighted by atomic mass is 9.84. The molecular weight excluding hydrogens is 614 g/mol. The number of hydrogen-bond donors (Lipinski definition) is 5. The third-order valence-electron chi connectivity index (χ3n) is 9.29. The number of carbonyl (C=O) groups excluding carboxylic acids is 3. The molecule has 0 fully saturated rings. The third-order valence-corrected chi connectivity index (χ3v) is 9.66. The number of amides is 1. The molecule has 0 heterocycles. The smallest absolute Gasteiger partial charge is 0.327 e. The van der Waals surface area contributed by atoms with Gasteiger partial charge >= 0.3 is 5.97 Å². The van der Waals surface area contributed by atoms with E-state index in [9.17, 15) is 34.5 Å². The zero-order valence-corrected chi connectivity index (χ0v) is 31.0. The maximum absolute atomic E-state index is 13.2. The Balaban J connectivity index is 4.65. The molecule has 0 bridgehead atoms. The molecule has 0 saturated carbocycles. The van der Waals surface area contributed by atoms with Crippen LogP contribution in [0.25, 0.3) is 0 Å². The molecule has 0 saturated heterocycles. The van der Waals surface area contributed by atoms with Crippen LogP contribution in [-0.2, 0) is 19.2 Å². The molecular formula is C38H71NO7S. The molecule has 0 aliphatic heterocycles. The summed E-state index contributed by atoms with van der Waals surface area (Å²) in [4.78, 5) is 50.6. The van der Waals surface area contributed by atoms with Gasteiger partial charge in [0.15, 0.2) is 17.7 Å². The molecule has 0 aromatic heterocycles. The van der Waals surface area contributed by atoms with E-state index in [2.05, 4.69) is 31.8 Å². The van der Waals surface area contributed by atoms with Gasteiger partial charge in [-0.1, -0.05) is 168 Å². The Morgan fingerprint density at radius 3 is 1.21 bits per heavy atom. The van der Waals surface area contributed by atoms with Crippen molar-refractivity contribution in [3.8, 4) is 0 Å². The fourth-order valence-corrected chi connectivity index (χ4v) is 6.29. The van der Waals surface area contributed by atoms with Gasteiger partial charge in [0.25, 0.3) is 5.91 Å². The SMILES string of the molecule is CCCCCCCCCCCCCCCC(=O)C(O)C(O)(C(=O)CCCCCCCCCCCCCCC)C(=O)NC(CS)C(=O)O. The summed E-state index contributed by atoms with van der Waals surface area (Å²) in [5.74, 6) is -4.81. The molecule has 1 amide bonds. The van der Waals surface area contributed by atoms with Crippen LogP contribution in [0.2, 0.25) is 0 Å². The average Bonchev–Trinajstić information content (AvgIpc) is 3.06. The summed E-state index contributed by atoms with van der Waals surface area (Å²) in [5.41, 5.74) is -3.04. The summed E-state index contributed by atoms with van der Waals surface area (Å²) in [6, 6.07) is -1.48. The zero-order valence-electron chi connectivity index (χ0n) is 30.1. The largest absolute Gasteiger partial charge is 0.480 e. The first kappa shape index (κ1) is 45.6. The van der Waals surface area contributed by atoms with Gasteiger partial charge in [-0.2, -0.15) is 12.6 Å². The average molecular weight is 686 g/mol. The normalized spacial score (nSPS) is 14.0. The summed E-state index contributed by atoms with van der Waals surface area (Å²) in [7, 11) is 0. The molecule has 0 aromatic carbocycles. The van der Waals surface area contributed by atoms with E-state index in [0.717, 1.165) is 51.4 Å². The number of thiol groups is 1. The Hall–Kier alpha value is -1.45. The minimum atomic E-state index is -3.04. The summed E-state index contributed by atoms with van der Waals surface area (Å²) in [6.45, 7) is 4.45. The molecule has 8 nitrogen and oxygen atoms in total. The molecule has 4 N–H and O–H groups in total. The van der Waals surface area contributed by atoms with Crippen LogP contribution in [0.3, 0.4) is 0 Å². The van der Waals surface area contributed by atoms with Gasteiger partial charge in [-0.25, -0.2) is 4.79 Å². The number of unbranched alkanes of at least 4 members (excludes halogenated alkanes) is 24. The number of nitrogens with one attached hydrogen (secondary N) is 1. The van der Waals surface area contributed by atoms with Gasteiger partial charge < -0.3 is 20.6 Å². The van der Waals surface area contributed by atoms with Crippen molar-refractivity contribution >= 4 is 36.1 Å². The second kappa shape index (κ2) is 30.6. The van der Waals surface area contributed by atoms with Crippen molar-refractivity contribution in [2.45, 2.75) is 211 Å². The minimum absolute atomic E-state index is 0.0739. The van der Waals surface area contributed by atoms with Gasteiger partial charge in [0.05, 0.1) is 0 Å². The Bertz CT molecular complexity index is 824. The maximum Gasteiger partial charge on any atom is 0.327 e. The highest BCUT2D eigenvalue weighted by atomic mass is 32.1. The summed E-state index contributed by atoms with van der Waals surface area (Å²) in [5, 5.41) is 33.5. The first-order valence-electron chi connectivity index (χ1n) is 19.3. The van der Waals surface area contributed by atoms with E-state index in [0.29, 0.717) is 12.8 Å². The van der Waals surface area contributed by atoms with E-state index in [1.807, 2.05) is 0 Å². The van der Waals surface area contributed by atoms with E-state index in [1.165, 1.54) is 103 Å². The van der Waals surface area contributed by atoms with Crippen LogP contribution in [0, 0.1) is 0 Å². The molecule has 3 atom stereocenters. The predicted octanol–water partition coefficient (Wildman–Crippen LogP) is 8.68. The number of ketones is 2. The number of carbonyl (C=O) groups is 4. The maximum atomic E-state index is 13.2. The Morgan fingerprint density at radius 2 is 0.894 bits per heavy atom. The van der Waals surface area contributed by atoms with Crippen LogP contribution in [0.15, 0.2) is 0 Å². The Morgan fingerprint density at radius 1 is 0.574 bits per heavy atom. The van der Waals surface area contributed by atoms with Gasteiger partial charge in [-0.05, 0) is 12.8 Å². The van der Waals surface area contributed by atoms with Gasteiger partial charge in [-0.15, -0.1) is 0 Å². The highest BCUT2D eigenvalue weighted by Gasteiger charge is 2.52. The minimum Gasteiger partial charge on any atom is -0.480 e. The zero-order chi connectivity index (χ0) is 35.2. The lowest BCUT2D eigenvalue weighted by molar-refractivity contribution is -0.171. The molecule has 47 heavy (non-hydrogen) atoms. The number of hydrogen-bond acceptors (Lipinski definition) is 7. The van der Waals surface area contributed by atoms with Crippen molar-refractivity contribution < 1.29 is 34.5 Å². The molecule has 9 heteroatoms. The fourth-order valence-electron chi connectivity index (χ4n) is 6.04. The molecule has 276 valence electrons. The van der Waals surface area contributed by atoms with Crippen LogP contribution in [0.5, 0.6) is 0 Å². The fraction of sp³-hybridized carbons (Fsp3) is 0.895. The van der Waals surface area contributed by atoms with Gasteiger partial charge in [0.2, 0.25) is 5.60 Å².